The van der Waals surface area contributed by atoms with Crippen molar-refractivity contribution in [3.8, 4) is 11.3 Å². The van der Waals surface area contributed by atoms with Crippen LogP contribution in [0.1, 0.15) is 11.3 Å². The Bertz CT molecular complexity index is 1480. The fourth-order valence-electron chi connectivity index (χ4n) is 4.25. The number of sulfonamides is 1. The van der Waals surface area contributed by atoms with Crippen LogP contribution in [0.4, 0.5) is 14.9 Å². The van der Waals surface area contributed by atoms with Gasteiger partial charge in [-0.05, 0) is 48.9 Å². The summed E-state index contributed by atoms with van der Waals surface area (Å²) in [6, 6.07) is 15.1. The first-order valence-electron chi connectivity index (χ1n) is 9.95. The van der Waals surface area contributed by atoms with Crippen LogP contribution < -0.4 is 10.0 Å². The van der Waals surface area contributed by atoms with E-state index in [1.165, 1.54) is 4.57 Å². The number of halogens is 1. The molecular weight excluding hydrogens is 431 g/mol. The average Bonchev–Trinajstić information content (AvgIpc) is 3.05. The molecule has 0 fully saturated rings. The molecule has 5 rings (SSSR count). The van der Waals surface area contributed by atoms with Gasteiger partial charge in [0.05, 0.1) is 11.2 Å². The van der Waals surface area contributed by atoms with Crippen LogP contribution >= 0.6 is 0 Å². The molecular formula is C23H19FN4O3S. The predicted octanol–water partition coefficient (Wildman–Crippen LogP) is 3.83. The van der Waals surface area contributed by atoms with Gasteiger partial charge in [0.15, 0.2) is 0 Å². The fraction of sp³-hybridized carbons (Fsp3) is 0.130. The standard InChI is InChI=1S/C23H19FN4O3S/c1-14-17-12-18(24)22(32(25,30)31)13-21(17)28-20(14)9-11-27(23(28)29)16-7-5-15(6-8-16)19-4-2-3-10-26-19/h2-8,10,12-13H,9,11H2,1H3,(H2,25,30,31). The third-order valence-electron chi connectivity index (χ3n) is 5.84. The smallest absolute Gasteiger partial charge is 0.293 e. The Morgan fingerprint density at radius 1 is 1.09 bits per heavy atom. The molecule has 0 saturated carbocycles. The quantitative estimate of drug-likeness (QED) is 0.513. The van der Waals surface area contributed by atoms with Crippen LogP contribution in [0.25, 0.3) is 22.2 Å². The largest absolute Gasteiger partial charge is 0.333 e. The molecule has 0 aliphatic carbocycles. The van der Waals surface area contributed by atoms with Crippen LogP contribution in [0.15, 0.2) is 65.7 Å². The molecule has 32 heavy (non-hydrogen) atoms. The summed E-state index contributed by atoms with van der Waals surface area (Å²) in [4.78, 5) is 18.8. The highest BCUT2D eigenvalue weighted by atomic mass is 32.2. The number of benzene rings is 2. The monoisotopic (exact) mass is 450 g/mol. The second-order valence-electron chi connectivity index (χ2n) is 7.70. The van der Waals surface area contributed by atoms with E-state index in [2.05, 4.69) is 4.98 Å². The summed E-state index contributed by atoms with van der Waals surface area (Å²) in [5, 5.41) is 5.66. The van der Waals surface area contributed by atoms with Crippen molar-refractivity contribution in [3.05, 3.63) is 77.9 Å². The van der Waals surface area contributed by atoms with Gasteiger partial charge in [0.1, 0.15) is 10.7 Å². The van der Waals surface area contributed by atoms with Gasteiger partial charge in [-0.3, -0.25) is 14.5 Å². The molecule has 1 aliphatic heterocycles. The maximum Gasteiger partial charge on any atom is 0.333 e. The molecule has 9 heteroatoms. The number of hydrogen-bond acceptors (Lipinski definition) is 4. The molecule has 0 spiro atoms. The summed E-state index contributed by atoms with van der Waals surface area (Å²) in [5.74, 6) is -0.930. The molecule has 0 bridgehead atoms. The Kier molecular flexibility index (Phi) is 4.61. The van der Waals surface area contributed by atoms with Crippen molar-refractivity contribution in [2.75, 3.05) is 11.4 Å². The number of anilines is 1. The molecule has 4 aromatic rings. The number of hydrogen-bond donors (Lipinski definition) is 1. The zero-order valence-corrected chi connectivity index (χ0v) is 17.9. The summed E-state index contributed by atoms with van der Waals surface area (Å²) in [5.41, 5.74) is 4.26. The molecule has 1 amide bonds. The maximum atomic E-state index is 14.4. The van der Waals surface area contributed by atoms with Gasteiger partial charge in [-0.2, -0.15) is 0 Å². The lowest BCUT2D eigenvalue weighted by molar-refractivity contribution is 0.246. The lowest BCUT2D eigenvalue weighted by Gasteiger charge is -2.29. The van der Waals surface area contributed by atoms with Gasteiger partial charge < -0.3 is 0 Å². The maximum absolute atomic E-state index is 14.4. The van der Waals surface area contributed by atoms with E-state index in [0.717, 1.165) is 34.6 Å². The van der Waals surface area contributed by atoms with Gasteiger partial charge in [0.25, 0.3) is 0 Å². The zero-order valence-electron chi connectivity index (χ0n) is 17.1. The van der Waals surface area contributed by atoms with Crippen LogP contribution in [0.2, 0.25) is 0 Å². The van der Waals surface area contributed by atoms with Gasteiger partial charge in [-0.25, -0.2) is 22.7 Å². The van der Waals surface area contributed by atoms with Crippen molar-refractivity contribution in [3.63, 3.8) is 0 Å². The van der Waals surface area contributed by atoms with Gasteiger partial charge >= 0.3 is 6.03 Å². The van der Waals surface area contributed by atoms with Gasteiger partial charge in [0.2, 0.25) is 10.0 Å². The summed E-state index contributed by atoms with van der Waals surface area (Å²) in [7, 11) is -4.28. The molecule has 7 nitrogen and oxygen atoms in total. The van der Waals surface area contributed by atoms with E-state index in [0.29, 0.717) is 29.6 Å². The van der Waals surface area contributed by atoms with E-state index in [-0.39, 0.29) is 6.03 Å². The third kappa shape index (κ3) is 3.17. The highest BCUT2D eigenvalue weighted by Gasteiger charge is 2.30. The van der Waals surface area contributed by atoms with E-state index >= 15 is 0 Å². The van der Waals surface area contributed by atoms with Crippen molar-refractivity contribution >= 4 is 32.6 Å². The van der Waals surface area contributed by atoms with Crippen LogP contribution in [-0.4, -0.2) is 30.5 Å². The summed E-state index contributed by atoms with van der Waals surface area (Å²) >= 11 is 0. The molecule has 0 unspecified atom stereocenters. The summed E-state index contributed by atoms with van der Waals surface area (Å²) in [6.45, 7) is 2.25. The Hall–Kier alpha value is -3.56. The second kappa shape index (κ2) is 7.25. The summed E-state index contributed by atoms with van der Waals surface area (Å²) in [6.07, 6.45) is 2.26. The third-order valence-corrected chi connectivity index (χ3v) is 6.76. The minimum atomic E-state index is -4.28. The molecule has 0 atom stereocenters. The number of pyridine rings is 1. The number of carbonyl (C=O) groups excluding carboxylic acids is 1. The van der Waals surface area contributed by atoms with Crippen molar-refractivity contribution in [1.82, 2.24) is 9.55 Å². The second-order valence-corrected chi connectivity index (χ2v) is 9.23. The minimum absolute atomic E-state index is 0.322. The lowest BCUT2D eigenvalue weighted by Crippen LogP contribution is -2.41. The topological polar surface area (TPSA) is 98.3 Å². The Morgan fingerprint density at radius 3 is 2.50 bits per heavy atom. The zero-order chi connectivity index (χ0) is 22.6. The van der Waals surface area contributed by atoms with Crippen LogP contribution in [0.5, 0.6) is 0 Å². The van der Waals surface area contributed by atoms with E-state index < -0.39 is 20.7 Å². The first kappa shape index (κ1) is 20.3. The first-order valence-corrected chi connectivity index (χ1v) is 11.5. The van der Waals surface area contributed by atoms with Gasteiger partial charge in [-0.1, -0.05) is 18.2 Å². The predicted molar refractivity (Wildman–Crippen MR) is 120 cm³/mol. The Morgan fingerprint density at radius 2 is 1.84 bits per heavy atom. The minimum Gasteiger partial charge on any atom is -0.293 e. The van der Waals surface area contributed by atoms with Gasteiger partial charge in [0, 0.05) is 41.5 Å². The van der Waals surface area contributed by atoms with E-state index in [9.17, 15) is 17.6 Å². The number of carbonyl (C=O) groups is 1. The average molecular weight is 450 g/mol. The van der Waals surface area contributed by atoms with Gasteiger partial charge in [-0.15, -0.1) is 0 Å². The number of nitrogens with two attached hydrogens (primary N) is 1. The lowest BCUT2D eigenvalue weighted by atomic mass is 10.1. The molecule has 3 heterocycles. The highest BCUT2D eigenvalue weighted by molar-refractivity contribution is 7.89. The van der Waals surface area contributed by atoms with E-state index in [1.807, 2.05) is 42.5 Å². The number of rotatable bonds is 3. The number of aryl methyl sites for hydroxylation is 1. The Balaban J connectivity index is 1.58. The van der Waals surface area contributed by atoms with Crippen molar-refractivity contribution in [2.24, 2.45) is 5.14 Å². The summed E-state index contributed by atoms with van der Waals surface area (Å²) < 4.78 is 39.5. The van der Waals surface area contributed by atoms with Crippen molar-refractivity contribution in [1.29, 1.82) is 0 Å². The first-order chi connectivity index (χ1) is 15.3. The number of fused-ring (bicyclic) bond motifs is 3. The highest BCUT2D eigenvalue weighted by Crippen LogP contribution is 2.34. The molecule has 0 radical (unpaired) electrons. The molecule has 162 valence electrons. The number of amides is 1. The normalized spacial score (nSPS) is 14.1. The van der Waals surface area contributed by atoms with Crippen LogP contribution in [-0.2, 0) is 16.4 Å². The number of primary sulfonamides is 1. The van der Waals surface area contributed by atoms with E-state index in [1.54, 1.807) is 18.0 Å². The van der Waals surface area contributed by atoms with Crippen molar-refractivity contribution in [2.45, 2.75) is 18.2 Å². The van der Waals surface area contributed by atoms with Crippen LogP contribution in [0.3, 0.4) is 0 Å². The number of aromatic nitrogens is 2. The fourth-order valence-corrected chi connectivity index (χ4v) is 4.86. The SMILES string of the molecule is Cc1c2n(c3cc(S(N)(=O)=O)c(F)cc13)C(=O)N(c1ccc(-c3ccccn3)cc1)CC2. The van der Waals surface area contributed by atoms with Crippen LogP contribution in [0, 0.1) is 12.7 Å². The Labute approximate surface area is 184 Å². The molecule has 0 saturated heterocycles. The molecule has 1 aliphatic rings. The van der Waals surface area contributed by atoms with E-state index in [4.69, 9.17) is 5.14 Å². The molecule has 2 aromatic carbocycles. The van der Waals surface area contributed by atoms with Crippen molar-refractivity contribution < 1.29 is 17.6 Å². The molecule has 2 N–H and O–H groups in total. The number of nitrogens with zero attached hydrogens (tertiary/aromatic N) is 3. The molecule has 2 aromatic heterocycles.